The summed E-state index contributed by atoms with van der Waals surface area (Å²) in [6.07, 6.45) is 0. The normalized spacial score (nSPS) is 10.6. The molecule has 0 aliphatic heterocycles. The fraction of sp³-hybridized carbons (Fsp3) is 0.140. The van der Waals surface area contributed by atoms with Gasteiger partial charge >= 0.3 is 0 Å². The average Bonchev–Trinajstić information content (AvgIpc) is 3.11. The van der Waals surface area contributed by atoms with Crippen molar-refractivity contribution in [3.8, 4) is 34.5 Å². The van der Waals surface area contributed by atoms with Crippen molar-refractivity contribution >= 4 is 5.78 Å². The van der Waals surface area contributed by atoms with E-state index in [0.717, 1.165) is 11.1 Å². The Bertz CT molecular complexity index is 1780. The van der Waals surface area contributed by atoms with Crippen LogP contribution in [0.5, 0.6) is 34.5 Å². The van der Waals surface area contributed by atoms with Crippen LogP contribution in [0.25, 0.3) is 0 Å². The number of carbonyl (C=O) groups excluding carboxylic acids is 1. The van der Waals surface area contributed by atoms with Crippen LogP contribution in [0, 0.1) is 5.92 Å². The number of hydrogen-bond acceptors (Lipinski definition) is 7. The van der Waals surface area contributed by atoms with Gasteiger partial charge in [0.1, 0.15) is 34.5 Å². The summed E-state index contributed by atoms with van der Waals surface area (Å²) in [5.41, 5.74) is 5.64. The van der Waals surface area contributed by atoms with Crippen LogP contribution in [-0.2, 0) is 0 Å². The summed E-state index contributed by atoms with van der Waals surface area (Å²) in [6.45, 7) is 6.44. The second-order valence-electron chi connectivity index (χ2n) is 12.2. The number of rotatable bonds is 7. The van der Waals surface area contributed by atoms with E-state index in [1.54, 1.807) is 72.8 Å². The largest absolute Gasteiger partial charge is 0.508 e. The molecule has 6 aromatic carbocycles. The van der Waals surface area contributed by atoms with Crippen LogP contribution in [-0.4, -0.2) is 36.4 Å². The van der Waals surface area contributed by atoms with Gasteiger partial charge in [-0.1, -0.05) is 69.3 Å². The summed E-state index contributed by atoms with van der Waals surface area (Å²) >= 11 is 0. The summed E-state index contributed by atoms with van der Waals surface area (Å²) in [4.78, 5) is 11.9. The number of phenolic OH excluding ortho intramolecular Hbond substituents is 6. The number of hydrogen-bond donors (Lipinski definition) is 6. The lowest BCUT2D eigenvalue weighted by Gasteiger charge is -2.22. The monoisotopic (exact) mass is 670 g/mol. The first-order valence-corrected chi connectivity index (χ1v) is 16.2. The zero-order valence-corrected chi connectivity index (χ0v) is 28.2. The SMILES string of the molecule is CC(C)C(c1ccc(O)cc1)c1ccc(O)cc1.CC(c1ccc(O)cc1)c1ccc(O)cc1.O=C(c1ccc(O)cc1)c1ccc(O)cc1. The number of phenols is 6. The highest BCUT2D eigenvalue weighted by Gasteiger charge is 2.18. The van der Waals surface area contributed by atoms with Gasteiger partial charge in [-0.3, -0.25) is 4.79 Å². The van der Waals surface area contributed by atoms with Gasteiger partial charge in [0.05, 0.1) is 0 Å². The predicted octanol–water partition coefficient (Wildman–Crippen LogP) is 9.46. The molecule has 0 radical (unpaired) electrons. The summed E-state index contributed by atoms with van der Waals surface area (Å²) < 4.78 is 0. The maximum Gasteiger partial charge on any atom is 0.193 e. The van der Waals surface area contributed by atoms with Gasteiger partial charge < -0.3 is 30.6 Å². The van der Waals surface area contributed by atoms with E-state index in [0.29, 0.717) is 17.0 Å². The van der Waals surface area contributed by atoms with Crippen molar-refractivity contribution in [2.75, 3.05) is 0 Å². The molecule has 0 bridgehead atoms. The lowest BCUT2D eigenvalue weighted by Crippen LogP contribution is -2.08. The molecule has 0 saturated heterocycles. The van der Waals surface area contributed by atoms with Gasteiger partial charge in [-0.05, 0) is 125 Å². The van der Waals surface area contributed by atoms with Crippen molar-refractivity contribution in [1.82, 2.24) is 0 Å². The molecule has 0 aliphatic rings. The Morgan fingerprint density at radius 2 is 0.580 bits per heavy atom. The third-order valence-electron chi connectivity index (χ3n) is 8.22. The fourth-order valence-corrected chi connectivity index (χ4v) is 5.44. The minimum Gasteiger partial charge on any atom is -0.508 e. The number of carbonyl (C=O) groups is 1. The number of ketones is 1. The van der Waals surface area contributed by atoms with E-state index in [1.807, 2.05) is 48.5 Å². The van der Waals surface area contributed by atoms with E-state index in [2.05, 4.69) is 20.8 Å². The van der Waals surface area contributed by atoms with Crippen LogP contribution in [0.2, 0.25) is 0 Å². The van der Waals surface area contributed by atoms with E-state index in [1.165, 1.54) is 35.4 Å². The second kappa shape index (κ2) is 17.3. The Morgan fingerprint density at radius 3 is 0.820 bits per heavy atom. The Balaban J connectivity index is 0.000000169. The van der Waals surface area contributed by atoms with Crippen molar-refractivity contribution in [1.29, 1.82) is 0 Å². The first-order chi connectivity index (χ1) is 23.9. The zero-order chi connectivity index (χ0) is 36.2. The van der Waals surface area contributed by atoms with Gasteiger partial charge in [-0.2, -0.15) is 0 Å². The molecule has 0 heterocycles. The highest BCUT2D eigenvalue weighted by atomic mass is 16.3. The highest BCUT2D eigenvalue weighted by molar-refractivity contribution is 6.09. The molecule has 6 rings (SSSR count). The van der Waals surface area contributed by atoms with E-state index in [4.69, 9.17) is 10.2 Å². The van der Waals surface area contributed by atoms with Crippen LogP contribution in [0.4, 0.5) is 0 Å². The van der Waals surface area contributed by atoms with Crippen molar-refractivity contribution < 1.29 is 35.4 Å². The molecule has 0 unspecified atom stereocenters. The van der Waals surface area contributed by atoms with E-state index < -0.39 is 0 Å². The quantitative estimate of drug-likeness (QED) is 0.0931. The molecule has 0 spiro atoms. The van der Waals surface area contributed by atoms with Crippen molar-refractivity contribution in [3.05, 3.63) is 179 Å². The van der Waals surface area contributed by atoms with Gasteiger partial charge in [-0.15, -0.1) is 0 Å². The van der Waals surface area contributed by atoms with E-state index in [-0.39, 0.29) is 52.1 Å². The molecular formula is C43H42O7. The molecule has 7 heteroatoms. The highest BCUT2D eigenvalue weighted by Crippen LogP contribution is 2.33. The minimum atomic E-state index is -0.139. The topological polar surface area (TPSA) is 138 Å². The zero-order valence-electron chi connectivity index (χ0n) is 28.2. The molecule has 0 aliphatic carbocycles. The van der Waals surface area contributed by atoms with Gasteiger partial charge in [0.15, 0.2) is 5.78 Å². The van der Waals surface area contributed by atoms with Crippen molar-refractivity contribution in [2.24, 2.45) is 5.92 Å². The van der Waals surface area contributed by atoms with E-state index in [9.17, 15) is 25.2 Å². The summed E-state index contributed by atoms with van der Waals surface area (Å²) in [5.74, 6) is 2.21. The molecule has 256 valence electrons. The Kier molecular flexibility index (Phi) is 12.6. The Morgan fingerprint density at radius 1 is 0.360 bits per heavy atom. The van der Waals surface area contributed by atoms with Crippen molar-refractivity contribution in [2.45, 2.75) is 32.6 Å². The summed E-state index contributed by atoms with van der Waals surface area (Å²) in [6, 6.07) is 41.1. The molecule has 0 fully saturated rings. The predicted molar refractivity (Wildman–Crippen MR) is 196 cm³/mol. The van der Waals surface area contributed by atoms with Gasteiger partial charge in [0.2, 0.25) is 0 Å². The van der Waals surface area contributed by atoms with Crippen molar-refractivity contribution in [3.63, 3.8) is 0 Å². The molecule has 7 nitrogen and oxygen atoms in total. The third-order valence-corrected chi connectivity index (χ3v) is 8.22. The molecule has 50 heavy (non-hydrogen) atoms. The molecular weight excluding hydrogens is 628 g/mol. The van der Waals surface area contributed by atoms with Crippen LogP contribution in [0.15, 0.2) is 146 Å². The Labute approximate surface area is 292 Å². The molecule has 0 aromatic heterocycles. The second-order valence-corrected chi connectivity index (χ2v) is 12.2. The van der Waals surface area contributed by atoms with Crippen LogP contribution < -0.4 is 0 Å². The number of benzene rings is 6. The molecule has 6 N–H and O–H groups in total. The lowest BCUT2D eigenvalue weighted by atomic mass is 9.82. The average molecular weight is 671 g/mol. The third kappa shape index (κ3) is 10.4. The van der Waals surface area contributed by atoms with Gasteiger partial charge in [-0.25, -0.2) is 0 Å². The smallest absolute Gasteiger partial charge is 0.193 e. The molecule has 6 aromatic rings. The maximum absolute atomic E-state index is 11.9. The van der Waals surface area contributed by atoms with E-state index >= 15 is 0 Å². The molecule has 0 saturated carbocycles. The minimum absolute atomic E-state index is 0.127. The van der Waals surface area contributed by atoms with Gasteiger partial charge in [0, 0.05) is 23.0 Å². The van der Waals surface area contributed by atoms with Crippen LogP contribution >= 0.6 is 0 Å². The number of aromatic hydroxyl groups is 6. The molecule has 0 amide bonds. The molecule has 0 atom stereocenters. The standard InChI is InChI=1S/C16H18O2.C14H14O2.C13H10O3/c1-11(2)16(12-3-7-14(17)8-4-12)13-5-9-15(18)10-6-13;1-10(11-2-6-13(15)7-3-11)12-4-8-14(16)9-5-12;14-11-5-1-9(2-6-11)13(16)10-3-7-12(15)8-4-10/h3-11,16-18H,1-2H3;2-10,15-16H,1H3;1-8,14-15H. The summed E-state index contributed by atoms with van der Waals surface area (Å²) in [5, 5.41) is 55.3. The van der Waals surface area contributed by atoms with Gasteiger partial charge in [0.25, 0.3) is 0 Å². The first-order valence-electron chi connectivity index (χ1n) is 16.2. The first kappa shape index (κ1) is 36.6. The Hall–Kier alpha value is -6.21. The summed E-state index contributed by atoms with van der Waals surface area (Å²) in [7, 11) is 0. The van der Waals surface area contributed by atoms with Crippen LogP contribution in [0.1, 0.15) is 70.8 Å². The fourth-order valence-electron chi connectivity index (χ4n) is 5.44. The lowest BCUT2D eigenvalue weighted by molar-refractivity contribution is 0.103. The van der Waals surface area contributed by atoms with Crippen LogP contribution in [0.3, 0.4) is 0 Å². The maximum atomic E-state index is 11.9.